The van der Waals surface area contributed by atoms with E-state index in [0.717, 1.165) is 18.7 Å². The van der Waals surface area contributed by atoms with E-state index in [1.54, 1.807) is 0 Å². The molecular formula is C16H20N2O. The molecule has 1 aromatic rings. The van der Waals surface area contributed by atoms with E-state index in [0.29, 0.717) is 17.5 Å². The largest absolute Gasteiger partial charge is 0.372 e. The van der Waals surface area contributed by atoms with E-state index < -0.39 is 0 Å². The van der Waals surface area contributed by atoms with Crippen molar-refractivity contribution in [1.29, 1.82) is 5.26 Å². The van der Waals surface area contributed by atoms with E-state index in [9.17, 15) is 0 Å². The molecule has 1 saturated carbocycles. The maximum Gasteiger partial charge on any atom is 0.0991 e. The van der Waals surface area contributed by atoms with E-state index >= 15 is 0 Å². The molecule has 0 aromatic heterocycles. The first kappa shape index (κ1) is 12.7. The second-order valence-electron chi connectivity index (χ2n) is 5.62. The highest BCUT2D eigenvalue weighted by Gasteiger charge is 2.30. The van der Waals surface area contributed by atoms with Crippen LogP contribution in [-0.2, 0) is 4.74 Å². The Bertz CT molecular complexity index is 464. The van der Waals surface area contributed by atoms with E-state index in [4.69, 9.17) is 10.00 Å². The zero-order chi connectivity index (χ0) is 13.1. The van der Waals surface area contributed by atoms with E-state index in [1.807, 2.05) is 18.2 Å². The van der Waals surface area contributed by atoms with Crippen molar-refractivity contribution >= 4 is 0 Å². The van der Waals surface area contributed by atoms with Gasteiger partial charge in [-0.1, -0.05) is 25.0 Å². The fourth-order valence-electron chi connectivity index (χ4n) is 3.26. The number of hydrogen-bond donors (Lipinski definition) is 1. The number of hydrogen-bond acceptors (Lipinski definition) is 3. The molecule has 0 bridgehead atoms. The summed E-state index contributed by atoms with van der Waals surface area (Å²) in [4.78, 5) is 0. The van der Waals surface area contributed by atoms with Crippen LogP contribution in [0.15, 0.2) is 24.3 Å². The topological polar surface area (TPSA) is 45.0 Å². The van der Waals surface area contributed by atoms with Crippen molar-refractivity contribution in [3.63, 3.8) is 0 Å². The van der Waals surface area contributed by atoms with Gasteiger partial charge in [0.15, 0.2) is 0 Å². The highest BCUT2D eigenvalue weighted by Crippen LogP contribution is 2.30. The van der Waals surface area contributed by atoms with E-state index in [1.165, 1.54) is 25.7 Å². The molecule has 1 N–H and O–H groups in total. The molecular weight excluding hydrogens is 236 g/mol. The standard InChI is InChI=1S/C16H20N2O/c17-9-12-4-3-6-13(8-12)16-10-18-15-7-2-1-5-14(15)11-19-16/h3-4,6,8,14-16,18H,1-2,5,7,10-11H2. The Balaban J connectivity index is 1.73. The maximum absolute atomic E-state index is 8.98. The van der Waals surface area contributed by atoms with Gasteiger partial charge in [0, 0.05) is 12.6 Å². The molecule has 0 amide bonds. The van der Waals surface area contributed by atoms with Crippen LogP contribution in [0.5, 0.6) is 0 Å². The predicted molar refractivity (Wildman–Crippen MR) is 73.6 cm³/mol. The molecule has 0 spiro atoms. The van der Waals surface area contributed by atoms with Crippen molar-refractivity contribution in [3.8, 4) is 6.07 Å². The lowest BCUT2D eigenvalue weighted by Gasteiger charge is -2.29. The number of nitrogens with zero attached hydrogens (tertiary/aromatic N) is 1. The first-order valence-corrected chi connectivity index (χ1v) is 7.22. The van der Waals surface area contributed by atoms with Crippen molar-refractivity contribution in [2.24, 2.45) is 5.92 Å². The van der Waals surface area contributed by atoms with Crippen LogP contribution in [0.25, 0.3) is 0 Å². The molecule has 1 aliphatic carbocycles. The second-order valence-corrected chi connectivity index (χ2v) is 5.62. The summed E-state index contributed by atoms with van der Waals surface area (Å²) in [6.07, 6.45) is 5.31. The van der Waals surface area contributed by atoms with Gasteiger partial charge in [-0.3, -0.25) is 0 Å². The highest BCUT2D eigenvalue weighted by atomic mass is 16.5. The van der Waals surface area contributed by atoms with Crippen LogP contribution >= 0.6 is 0 Å². The molecule has 3 rings (SSSR count). The van der Waals surface area contributed by atoms with Gasteiger partial charge in [-0.2, -0.15) is 5.26 Å². The third-order valence-corrected chi connectivity index (χ3v) is 4.37. The molecule has 3 atom stereocenters. The molecule has 2 aliphatic rings. The van der Waals surface area contributed by atoms with Gasteiger partial charge < -0.3 is 10.1 Å². The highest BCUT2D eigenvalue weighted by molar-refractivity contribution is 5.34. The van der Waals surface area contributed by atoms with Crippen molar-refractivity contribution in [1.82, 2.24) is 5.32 Å². The fourth-order valence-corrected chi connectivity index (χ4v) is 3.26. The van der Waals surface area contributed by atoms with Crippen LogP contribution in [0.4, 0.5) is 0 Å². The Morgan fingerprint density at radius 1 is 1.26 bits per heavy atom. The van der Waals surface area contributed by atoms with Crippen molar-refractivity contribution in [3.05, 3.63) is 35.4 Å². The summed E-state index contributed by atoms with van der Waals surface area (Å²) in [5, 5.41) is 12.6. The molecule has 19 heavy (non-hydrogen) atoms. The van der Waals surface area contributed by atoms with Crippen molar-refractivity contribution in [2.75, 3.05) is 13.2 Å². The van der Waals surface area contributed by atoms with Gasteiger partial charge in [-0.15, -0.1) is 0 Å². The Labute approximate surface area is 114 Å². The monoisotopic (exact) mass is 256 g/mol. The molecule has 1 aliphatic heterocycles. The number of benzene rings is 1. The molecule has 1 aromatic carbocycles. The average molecular weight is 256 g/mol. The van der Waals surface area contributed by atoms with Gasteiger partial charge in [0.05, 0.1) is 24.3 Å². The number of rotatable bonds is 1. The molecule has 3 heteroatoms. The van der Waals surface area contributed by atoms with Crippen LogP contribution in [0, 0.1) is 17.2 Å². The van der Waals surface area contributed by atoms with Gasteiger partial charge in [-0.25, -0.2) is 0 Å². The van der Waals surface area contributed by atoms with Crippen LogP contribution in [0.2, 0.25) is 0 Å². The Kier molecular flexibility index (Phi) is 3.82. The number of nitriles is 1. The van der Waals surface area contributed by atoms with Crippen LogP contribution in [0.3, 0.4) is 0 Å². The van der Waals surface area contributed by atoms with Crippen molar-refractivity contribution < 1.29 is 4.74 Å². The maximum atomic E-state index is 8.98. The molecule has 1 heterocycles. The van der Waals surface area contributed by atoms with Crippen molar-refractivity contribution in [2.45, 2.75) is 37.8 Å². The number of ether oxygens (including phenoxy) is 1. The SMILES string of the molecule is N#Cc1cccc(C2CNC3CCCCC3CO2)c1. The molecule has 0 radical (unpaired) electrons. The van der Waals surface area contributed by atoms with Crippen LogP contribution in [-0.4, -0.2) is 19.2 Å². The normalized spacial score (nSPS) is 31.0. The third kappa shape index (κ3) is 2.80. The fraction of sp³-hybridized carbons (Fsp3) is 0.562. The lowest BCUT2D eigenvalue weighted by Crippen LogP contribution is -2.38. The predicted octanol–water partition coefficient (Wildman–Crippen LogP) is 2.78. The smallest absolute Gasteiger partial charge is 0.0991 e. The minimum Gasteiger partial charge on any atom is -0.372 e. The Hall–Kier alpha value is -1.37. The molecule has 3 nitrogen and oxygen atoms in total. The lowest BCUT2D eigenvalue weighted by atomic mass is 9.85. The summed E-state index contributed by atoms with van der Waals surface area (Å²) in [5.74, 6) is 0.665. The first-order chi connectivity index (χ1) is 9.36. The molecule has 1 saturated heterocycles. The Morgan fingerprint density at radius 3 is 3.05 bits per heavy atom. The summed E-state index contributed by atoms with van der Waals surface area (Å²) >= 11 is 0. The number of fused-ring (bicyclic) bond motifs is 1. The van der Waals surface area contributed by atoms with E-state index in [-0.39, 0.29) is 6.10 Å². The summed E-state index contributed by atoms with van der Waals surface area (Å²) in [6, 6.07) is 10.6. The van der Waals surface area contributed by atoms with Gasteiger partial charge >= 0.3 is 0 Å². The van der Waals surface area contributed by atoms with Gasteiger partial charge in [0.1, 0.15) is 0 Å². The average Bonchev–Trinajstić information content (AvgIpc) is 2.70. The molecule has 3 unspecified atom stereocenters. The lowest BCUT2D eigenvalue weighted by molar-refractivity contribution is 0.0401. The van der Waals surface area contributed by atoms with Crippen LogP contribution in [0.1, 0.15) is 42.9 Å². The second kappa shape index (κ2) is 5.73. The minimum atomic E-state index is 0.0823. The van der Waals surface area contributed by atoms with Gasteiger partial charge in [0.2, 0.25) is 0 Å². The summed E-state index contributed by atoms with van der Waals surface area (Å²) < 4.78 is 6.09. The summed E-state index contributed by atoms with van der Waals surface area (Å²) in [6.45, 7) is 1.70. The zero-order valence-corrected chi connectivity index (χ0v) is 11.1. The van der Waals surface area contributed by atoms with Gasteiger partial charge in [0.25, 0.3) is 0 Å². The van der Waals surface area contributed by atoms with E-state index in [2.05, 4.69) is 17.5 Å². The van der Waals surface area contributed by atoms with Gasteiger partial charge in [-0.05, 0) is 36.5 Å². The molecule has 2 fully saturated rings. The Morgan fingerprint density at radius 2 is 2.16 bits per heavy atom. The summed E-state index contributed by atoms with van der Waals surface area (Å²) in [5.41, 5.74) is 1.83. The zero-order valence-electron chi connectivity index (χ0n) is 11.1. The number of nitrogens with one attached hydrogen (secondary N) is 1. The minimum absolute atomic E-state index is 0.0823. The third-order valence-electron chi connectivity index (χ3n) is 4.37. The van der Waals surface area contributed by atoms with Crippen LogP contribution < -0.4 is 5.32 Å². The molecule has 100 valence electrons. The summed E-state index contributed by atoms with van der Waals surface area (Å²) in [7, 11) is 0. The first-order valence-electron chi connectivity index (χ1n) is 7.22. The quantitative estimate of drug-likeness (QED) is 0.840.